The average molecular weight is 309 g/mol. The SMILES string of the molecule is C=CCC(O)(CC=C)[C@@H](C)NS(=O)(=O)c1ccccc1C. The van der Waals surface area contributed by atoms with Crippen molar-refractivity contribution in [1.29, 1.82) is 0 Å². The lowest BCUT2D eigenvalue weighted by atomic mass is 9.89. The third-order valence-corrected chi connectivity index (χ3v) is 5.22. The molecule has 4 nitrogen and oxygen atoms in total. The summed E-state index contributed by atoms with van der Waals surface area (Å²) in [4.78, 5) is 0.219. The minimum atomic E-state index is -3.69. The fraction of sp³-hybridized carbons (Fsp3) is 0.375. The van der Waals surface area contributed by atoms with E-state index < -0.39 is 21.7 Å². The number of benzene rings is 1. The Bertz CT molecular complexity index is 598. The van der Waals surface area contributed by atoms with Gasteiger partial charge in [-0.05, 0) is 38.3 Å². The highest BCUT2D eigenvalue weighted by Gasteiger charge is 2.34. The van der Waals surface area contributed by atoms with Crippen LogP contribution in [0.5, 0.6) is 0 Å². The van der Waals surface area contributed by atoms with Gasteiger partial charge in [-0.15, -0.1) is 13.2 Å². The molecule has 1 rings (SSSR count). The van der Waals surface area contributed by atoms with Crippen LogP contribution in [0.3, 0.4) is 0 Å². The molecule has 0 spiro atoms. The van der Waals surface area contributed by atoms with Crippen LogP contribution in [0.4, 0.5) is 0 Å². The van der Waals surface area contributed by atoms with Gasteiger partial charge in [0.1, 0.15) is 0 Å². The maximum Gasteiger partial charge on any atom is 0.241 e. The van der Waals surface area contributed by atoms with Gasteiger partial charge >= 0.3 is 0 Å². The molecule has 5 heteroatoms. The lowest BCUT2D eigenvalue weighted by Crippen LogP contribution is -2.50. The summed E-state index contributed by atoms with van der Waals surface area (Å²) in [6.07, 6.45) is 3.69. The molecule has 116 valence electrons. The summed E-state index contributed by atoms with van der Waals surface area (Å²) in [6, 6.07) is 6.07. The number of sulfonamides is 1. The first-order valence-electron chi connectivity index (χ1n) is 6.79. The van der Waals surface area contributed by atoms with Crippen LogP contribution in [0.25, 0.3) is 0 Å². The molecule has 0 radical (unpaired) electrons. The molecule has 1 aromatic carbocycles. The first-order valence-corrected chi connectivity index (χ1v) is 8.27. The quantitative estimate of drug-likeness (QED) is 0.725. The van der Waals surface area contributed by atoms with E-state index in [2.05, 4.69) is 17.9 Å². The Morgan fingerprint density at radius 3 is 2.29 bits per heavy atom. The number of hydrogen-bond donors (Lipinski definition) is 2. The van der Waals surface area contributed by atoms with Crippen molar-refractivity contribution >= 4 is 10.0 Å². The number of aliphatic hydroxyl groups is 1. The third-order valence-electron chi connectivity index (χ3n) is 3.52. The van der Waals surface area contributed by atoms with Gasteiger partial charge in [-0.25, -0.2) is 13.1 Å². The first kappa shape index (κ1) is 17.6. The Labute approximate surface area is 127 Å². The van der Waals surface area contributed by atoms with E-state index in [0.29, 0.717) is 5.56 Å². The normalized spacial score (nSPS) is 13.7. The van der Waals surface area contributed by atoms with Gasteiger partial charge in [-0.3, -0.25) is 0 Å². The Kier molecular flexibility index (Phi) is 5.89. The van der Waals surface area contributed by atoms with Gasteiger partial charge in [-0.1, -0.05) is 30.4 Å². The Hall–Kier alpha value is -1.43. The largest absolute Gasteiger partial charge is 0.388 e. The van der Waals surface area contributed by atoms with Crippen molar-refractivity contribution in [2.75, 3.05) is 0 Å². The van der Waals surface area contributed by atoms with Gasteiger partial charge < -0.3 is 5.11 Å². The van der Waals surface area contributed by atoms with Gasteiger partial charge in [0.25, 0.3) is 0 Å². The maximum atomic E-state index is 12.4. The van der Waals surface area contributed by atoms with E-state index >= 15 is 0 Å². The molecule has 0 aliphatic carbocycles. The van der Waals surface area contributed by atoms with Crippen LogP contribution in [-0.4, -0.2) is 25.2 Å². The Morgan fingerprint density at radius 2 is 1.81 bits per heavy atom. The Balaban J connectivity index is 3.05. The van der Waals surface area contributed by atoms with Gasteiger partial charge in [0.2, 0.25) is 10.0 Å². The maximum absolute atomic E-state index is 12.4. The molecule has 21 heavy (non-hydrogen) atoms. The lowest BCUT2D eigenvalue weighted by Gasteiger charge is -2.33. The van der Waals surface area contributed by atoms with E-state index in [1.54, 1.807) is 50.3 Å². The van der Waals surface area contributed by atoms with E-state index in [9.17, 15) is 13.5 Å². The molecule has 0 unspecified atom stereocenters. The zero-order chi connectivity index (χ0) is 16.1. The molecule has 1 atom stereocenters. The number of rotatable bonds is 8. The molecule has 0 aromatic heterocycles. The molecule has 1 aromatic rings. The van der Waals surface area contributed by atoms with Crippen LogP contribution in [-0.2, 0) is 10.0 Å². The number of aryl methyl sites for hydroxylation is 1. The predicted octanol–water partition coefficient (Wildman–Crippen LogP) is 2.55. The minimum absolute atomic E-state index is 0.219. The summed E-state index contributed by atoms with van der Waals surface area (Å²) in [6.45, 7) is 10.6. The molecule has 0 fully saturated rings. The van der Waals surface area contributed by atoms with Crippen molar-refractivity contribution < 1.29 is 13.5 Å². The topological polar surface area (TPSA) is 66.4 Å². The second-order valence-corrected chi connectivity index (χ2v) is 6.88. The second kappa shape index (κ2) is 7.02. The van der Waals surface area contributed by atoms with Gasteiger partial charge in [-0.2, -0.15) is 0 Å². The van der Waals surface area contributed by atoms with E-state index in [1.165, 1.54) is 0 Å². The van der Waals surface area contributed by atoms with Crippen molar-refractivity contribution in [3.05, 3.63) is 55.1 Å². The number of hydrogen-bond acceptors (Lipinski definition) is 3. The van der Waals surface area contributed by atoms with Crippen LogP contribution in [0, 0.1) is 6.92 Å². The van der Waals surface area contributed by atoms with Crippen LogP contribution in [0.2, 0.25) is 0 Å². The summed E-state index contributed by atoms with van der Waals surface area (Å²) >= 11 is 0. The van der Waals surface area contributed by atoms with Crippen molar-refractivity contribution in [2.45, 2.75) is 43.2 Å². The molecule has 0 saturated carbocycles. The zero-order valence-electron chi connectivity index (χ0n) is 12.5. The molecule has 0 saturated heterocycles. The zero-order valence-corrected chi connectivity index (χ0v) is 13.4. The molecular weight excluding hydrogens is 286 g/mol. The molecule has 0 amide bonds. The summed E-state index contributed by atoms with van der Waals surface area (Å²) in [5.41, 5.74) is -0.576. The van der Waals surface area contributed by atoms with Crippen molar-refractivity contribution in [3.63, 3.8) is 0 Å². The van der Waals surface area contributed by atoms with Gasteiger partial charge in [0.05, 0.1) is 10.5 Å². The minimum Gasteiger partial charge on any atom is -0.388 e. The second-order valence-electron chi connectivity index (χ2n) is 5.20. The summed E-state index contributed by atoms with van der Waals surface area (Å²) < 4.78 is 27.4. The summed E-state index contributed by atoms with van der Waals surface area (Å²) in [7, 11) is -3.69. The van der Waals surface area contributed by atoms with E-state index in [4.69, 9.17) is 0 Å². The standard InChI is InChI=1S/C16H23NO3S/c1-5-11-16(18,12-6-2)14(4)17-21(19,20)15-10-8-7-9-13(15)3/h5-10,14,17-18H,1-2,11-12H2,3-4H3/t14-/m1/s1. The molecular formula is C16H23NO3S. The van der Waals surface area contributed by atoms with Gasteiger partial charge in [0, 0.05) is 6.04 Å². The van der Waals surface area contributed by atoms with Crippen LogP contribution < -0.4 is 4.72 Å². The van der Waals surface area contributed by atoms with E-state index in [-0.39, 0.29) is 17.7 Å². The molecule has 0 aliphatic heterocycles. The molecule has 0 bridgehead atoms. The van der Waals surface area contributed by atoms with Crippen molar-refractivity contribution in [2.24, 2.45) is 0 Å². The third kappa shape index (κ3) is 4.27. The van der Waals surface area contributed by atoms with Crippen LogP contribution in [0.1, 0.15) is 25.3 Å². The fourth-order valence-corrected chi connectivity index (χ4v) is 3.76. The van der Waals surface area contributed by atoms with E-state index in [0.717, 1.165) is 0 Å². The highest BCUT2D eigenvalue weighted by molar-refractivity contribution is 7.89. The van der Waals surface area contributed by atoms with Crippen molar-refractivity contribution in [1.82, 2.24) is 4.72 Å². The summed E-state index contributed by atoms with van der Waals surface area (Å²) in [5.74, 6) is 0. The molecule has 0 aliphatic rings. The average Bonchev–Trinajstić information content (AvgIpc) is 2.39. The predicted molar refractivity (Wildman–Crippen MR) is 85.5 cm³/mol. The summed E-state index contributed by atoms with van der Waals surface area (Å²) in [5, 5.41) is 10.6. The smallest absolute Gasteiger partial charge is 0.241 e. The van der Waals surface area contributed by atoms with E-state index in [1.807, 2.05) is 0 Å². The lowest BCUT2D eigenvalue weighted by molar-refractivity contribution is 0.0200. The monoisotopic (exact) mass is 309 g/mol. The first-order chi connectivity index (χ1) is 9.77. The highest BCUT2D eigenvalue weighted by Crippen LogP contribution is 2.23. The van der Waals surface area contributed by atoms with Crippen molar-refractivity contribution in [3.8, 4) is 0 Å². The fourth-order valence-electron chi connectivity index (χ4n) is 2.20. The highest BCUT2D eigenvalue weighted by atomic mass is 32.2. The van der Waals surface area contributed by atoms with Crippen LogP contribution in [0.15, 0.2) is 54.5 Å². The van der Waals surface area contributed by atoms with Gasteiger partial charge in [0.15, 0.2) is 0 Å². The molecule has 2 N–H and O–H groups in total. The Morgan fingerprint density at radius 1 is 1.29 bits per heavy atom. The molecule has 0 heterocycles. The number of nitrogens with one attached hydrogen (secondary N) is 1. The van der Waals surface area contributed by atoms with Crippen LogP contribution >= 0.6 is 0 Å².